The first-order valence-corrected chi connectivity index (χ1v) is 11.4. The molecule has 4 aromatic rings. The Kier molecular flexibility index (Phi) is 5.99. The van der Waals surface area contributed by atoms with Gasteiger partial charge < -0.3 is 9.64 Å². The molecule has 1 fully saturated rings. The number of amides is 1. The molecule has 2 heterocycles. The average molecular weight is 455 g/mol. The van der Waals surface area contributed by atoms with E-state index in [2.05, 4.69) is 5.10 Å². The fourth-order valence-electron chi connectivity index (χ4n) is 4.43. The molecule has 0 atom stereocenters. The van der Waals surface area contributed by atoms with Crippen LogP contribution in [0.15, 0.2) is 89.7 Å². The lowest BCUT2D eigenvalue weighted by Crippen LogP contribution is -2.38. The molecule has 7 heteroatoms. The van der Waals surface area contributed by atoms with E-state index < -0.39 is 0 Å². The van der Waals surface area contributed by atoms with Crippen LogP contribution in [0.25, 0.3) is 5.69 Å². The quantitative estimate of drug-likeness (QED) is 0.449. The monoisotopic (exact) mass is 454 g/mol. The van der Waals surface area contributed by atoms with E-state index in [1.165, 1.54) is 4.68 Å². The first-order chi connectivity index (χ1) is 16.6. The number of nitrogens with zero attached hydrogens (tertiary/aromatic N) is 4. The van der Waals surface area contributed by atoms with Crippen LogP contribution in [0.2, 0.25) is 0 Å². The number of para-hydroxylation sites is 3. The number of ether oxygens (including phenoxy) is 1. The molecule has 0 bridgehead atoms. The molecular weight excluding hydrogens is 428 g/mol. The summed E-state index contributed by atoms with van der Waals surface area (Å²) in [6, 6.07) is 26.4. The predicted molar refractivity (Wildman–Crippen MR) is 130 cm³/mol. The Morgan fingerprint density at radius 1 is 0.882 bits per heavy atom. The smallest absolute Gasteiger partial charge is 0.350 e. The lowest BCUT2D eigenvalue weighted by Gasteiger charge is -2.32. The number of hydrogen-bond acceptors (Lipinski definition) is 4. The molecule has 0 saturated carbocycles. The highest BCUT2D eigenvalue weighted by Crippen LogP contribution is 2.31. The molecule has 1 amide bonds. The first-order valence-electron chi connectivity index (χ1n) is 11.4. The number of carbonyl (C=O) groups is 1. The molecule has 0 spiro atoms. The van der Waals surface area contributed by atoms with Crippen LogP contribution in [0.1, 0.15) is 34.9 Å². The van der Waals surface area contributed by atoms with E-state index in [1.54, 1.807) is 17.7 Å². The van der Waals surface area contributed by atoms with Crippen molar-refractivity contribution >= 4 is 5.91 Å². The highest BCUT2D eigenvalue weighted by Gasteiger charge is 2.30. The van der Waals surface area contributed by atoms with Crippen molar-refractivity contribution in [2.24, 2.45) is 7.05 Å². The Bertz CT molecular complexity index is 1340. The fraction of sp³-hybridized carbons (Fsp3) is 0.222. The number of aromatic nitrogens is 3. The second kappa shape index (κ2) is 9.39. The van der Waals surface area contributed by atoms with Gasteiger partial charge in [0.2, 0.25) is 0 Å². The van der Waals surface area contributed by atoms with Gasteiger partial charge in [-0.2, -0.15) is 5.10 Å². The summed E-state index contributed by atoms with van der Waals surface area (Å²) < 4.78 is 9.07. The van der Waals surface area contributed by atoms with Crippen LogP contribution in [0, 0.1) is 0 Å². The summed E-state index contributed by atoms with van der Waals surface area (Å²) in [7, 11) is 1.67. The fourth-order valence-corrected chi connectivity index (χ4v) is 4.43. The minimum absolute atomic E-state index is 0.0496. The third-order valence-corrected chi connectivity index (χ3v) is 6.20. The zero-order chi connectivity index (χ0) is 23.5. The molecule has 5 rings (SSSR count). The molecule has 1 aliphatic rings. The molecular formula is C27H26N4O3. The SMILES string of the molecule is Cn1nc(C2CCN(C(=O)c3ccccc3Oc3ccccc3)CC2)n(-c2ccccc2)c1=O. The van der Waals surface area contributed by atoms with Gasteiger partial charge in [-0.05, 0) is 49.2 Å². The van der Waals surface area contributed by atoms with Gasteiger partial charge in [-0.3, -0.25) is 4.79 Å². The predicted octanol–water partition coefficient (Wildman–Crippen LogP) is 4.38. The van der Waals surface area contributed by atoms with E-state index in [0.29, 0.717) is 30.2 Å². The van der Waals surface area contributed by atoms with Crippen molar-refractivity contribution in [2.75, 3.05) is 13.1 Å². The Morgan fingerprint density at radius 3 is 2.21 bits per heavy atom. The maximum Gasteiger partial charge on any atom is 0.350 e. The summed E-state index contributed by atoms with van der Waals surface area (Å²) in [5.41, 5.74) is 1.19. The Labute approximate surface area is 197 Å². The van der Waals surface area contributed by atoms with Gasteiger partial charge in [0.15, 0.2) is 0 Å². The lowest BCUT2D eigenvalue weighted by molar-refractivity contribution is 0.0708. The van der Waals surface area contributed by atoms with Gasteiger partial charge in [0.25, 0.3) is 5.91 Å². The summed E-state index contributed by atoms with van der Waals surface area (Å²) in [6.45, 7) is 1.17. The van der Waals surface area contributed by atoms with E-state index in [0.717, 1.165) is 24.4 Å². The number of carbonyl (C=O) groups excluding carboxylic acids is 1. The molecule has 0 N–H and O–H groups in total. The summed E-state index contributed by atoms with van der Waals surface area (Å²) in [5, 5.41) is 4.54. The number of rotatable bonds is 5. The second-order valence-electron chi connectivity index (χ2n) is 8.41. The van der Waals surface area contributed by atoms with Crippen LogP contribution in [-0.2, 0) is 7.05 Å². The lowest BCUT2D eigenvalue weighted by atomic mass is 9.95. The Balaban J connectivity index is 1.33. The van der Waals surface area contributed by atoms with Crippen LogP contribution in [-0.4, -0.2) is 38.2 Å². The highest BCUT2D eigenvalue weighted by molar-refractivity contribution is 5.97. The Hall–Kier alpha value is -4.13. The minimum Gasteiger partial charge on any atom is -0.457 e. The maximum absolute atomic E-state index is 13.4. The standard InChI is InChI=1S/C27H26N4O3/c1-29-27(33)31(21-10-4-2-5-11-21)25(28-29)20-16-18-30(19-17-20)26(32)23-14-8-9-15-24(23)34-22-12-6-3-7-13-22/h2-15,20H,16-19H2,1H3. The van der Waals surface area contributed by atoms with E-state index in [9.17, 15) is 9.59 Å². The van der Waals surface area contributed by atoms with Gasteiger partial charge in [0.05, 0.1) is 11.3 Å². The molecule has 3 aromatic carbocycles. The third-order valence-electron chi connectivity index (χ3n) is 6.20. The van der Waals surface area contributed by atoms with Gasteiger partial charge in [0.1, 0.15) is 17.3 Å². The van der Waals surface area contributed by atoms with Crippen LogP contribution >= 0.6 is 0 Å². The number of aryl methyl sites for hydroxylation is 1. The highest BCUT2D eigenvalue weighted by atomic mass is 16.5. The van der Waals surface area contributed by atoms with E-state index in [4.69, 9.17) is 4.74 Å². The van der Waals surface area contributed by atoms with Crippen LogP contribution in [0.5, 0.6) is 11.5 Å². The number of likely N-dealkylation sites (tertiary alicyclic amines) is 1. The van der Waals surface area contributed by atoms with Crippen molar-refractivity contribution in [3.05, 3.63) is 107 Å². The van der Waals surface area contributed by atoms with Crippen molar-refractivity contribution in [1.82, 2.24) is 19.2 Å². The zero-order valence-corrected chi connectivity index (χ0v) is 19.0. The van der Waals surface area contributed by atoms with Gasteiger partial charge in [-0.15, -0.1) is 0 Å². The maximum atomic E-state index is 13.4. The van der Waals surface area contributed by atoms with E-state index >= 15 is 0 Å². The summed E-state index contributed by atoms with van der Waals surface area (Å²) in [4.78, 5) is 28.0. The van der Waals surface area contributed by atoms with Gasteiger partial charge in [-0.25, -0.2) is 14.0 Å². The summed E-state index contributed by atoms with van der Waals surface area (Å²) in [6.07, 6.45) is 1.47. The minimum atomic E-state index is -0.160. The van der Waals surface area contributed by atoms with Crippen molar-refractivity contribution in [2.45, 2.75) is 18.8 Å². The number of hydrogen-bond donors (Lipinski definition) is 0. The largest absolute Gasteiger partial charge is 0.457 e. The van der Waals surface area contributed by atoms with Gasteiger partial charge in [0, 0.05) is 26.1 Å². The second-order valence-corrected chi connectivity index (χ2v) is 8.41. The first kappa shape index (κ1) is 21.7. The third kappa shape index (κ3) is 4.24. The van der Waals surface area contributed by atoms with Crippen LogP contribution in [0.3, 0.4) is 0 Å². The van der Waals surface area contributed by atoms with Gasteiger partial charge >= 0.3 is 5.69 Å². The molecule has 1 aromatic heterocycles. The van der Waals surface area contributed by atoms with E-state index in [-0.39, 0.29) is 17.5 Å². The van der Waals surface area contributed by atoms with Crippen molar-refractivity contribution in [3.8, 4) is 17.2 Å². The summed E-state index contributed by atoms with van der Waals surface area (Å²) >= 11 is 0. The van der Waals surface area contributed by atoms with Crippen molar-refractivity contribution in [3.63, 3.8) is 0 Å². The summed E-state index contributed by atoms with van der Waals surface area (Å²) in [5.74, 6) is 2.03. The molecule has 0 aliphatic carbocycles. The number of benzene rings is 3. The molecule has 0 unspecified atom stereocenters. The van der Waals surface area contributed by atoms with E-state index in [1.807, 2.05) is 83.8 Å². The van der Waals surface area contributed by atoms with Crippen molar-refractivity contribution in [1.29, 1.82) is 0 Å². The van der Waals surface area contributed by atoms with Crippen molar-refractivity contribution < 1.29 is 9.53 Å². The molecule has 172 valence electrons. The zero-order valence-electron chi connectivity index (χ0n) is 19.0. The molecule has 0 radical (unpaired) electrons. The van der Waals surface area contributed by atoms with Gasteiger partial charge in [-0.1, -0.05) is 48.5 Å². The molecule has 1 aliphatic heterocycles. The average Bonchev–Trinajstić information content (AvgIpc) is 3.19. The molecule has 7 nitrogen and oxygen atoms in total. The van der Waals surface area contributed by atoms with Crippen LogP contribution < -0.4 is 10.4 Å². The Morgan fingerprint density at radius 2 is 1.50 bits per heavy atom. The number of piperidine rings is 1. The topological polar surface area (TPSA) is 69.4 Å². The molecule has 34 heavy (non-hydrogen) atoms. The molecule has 1 saturated heterocycles. The normalized spacial score (nSPS) is 14.2. The van der Waals surface area contributed by atoms with Crippen LogP contribution in [0.4, 0.5) is 0 Å².